The van der Waals surface area contributed by atoms with Gasteiger partial charge in [-0.05, 0) is 92.8 Å². The first kappa shape index (κ1) is 29.8. The van der Waals surface area contributed by atoms with E-state index in [0.717, 1.165) is 12.8 Å². The molecule has 9 aliphatic rings. The van der Waals surface area contributed by atoms with Gasteiger partial charge in [-0.2, -0.15) is 0 Å². The Labute approximate surface area is 268 Å². The maximum atomic E-state index is 11.4. The van der Waals surface area contributed by atoms with Crippen LogP contribution in [-0.4, -0.2) is 60.5 Å². The average Bonchev–Trinajstić information content (AvgIpc) is 3.73. The average molecular weight is 677 g/mol. The van der Waals surface area contributed by atoms with Crippen molar-refractivity contribution >= 4 is 0 Å². The number of aliphatic hydroxyl groups is 1. The van der Waals surface area contributed by atoms with E-state index in [2.05, 4.69) is 42.5 Å². The van der Waals surface area contributed by atoms with E-state index in [1.807, 2.05) is 0 Å². The van der Waals surface area contributed by atoms with E-state index in [1.54, 1.807) is 0 Å². The van der Waals surface area contributed by atoms with Gasteiger partial charge in [0, 0.05) is 28.3 Å². The van der Waals surface area contributed by atoms with Crippen molar-refractivity contribution in [2.75, 3.05) is 0 Å². The fourth-order valence-electron chi connectivity index (χ4n) is 12.0. The largest absolute Gasteiger partial charge is 0.393 e. The number of hydrogen-bond acceptors (Lipinski definition) is 9. The number of aliphatic hydroxyl groups excluding tert-OH is 1. The molecule has 0 aromatic rings. The summed E-state index contributed by atoms with van der Waals surface area (Å²) in [6.45, 7) is 0. The van der Waals surface area contributed by atoms with Crippen molar-refractivity contribution in [3.8, 4) is 0 Å². The Morgan fingerprint density at radius 2 is 0.571 bits per heavy atom. The molecule has 0 amide bonds. The third-order valence-corrected chi connectivity index (χ3v) is 13.9. The van der Waals surface area contributed by atoms with Crippen molar-refractivity contribution < 1.29 is 27.5 Å². The van der Waals surface area contributed by atoms with E-state index in [-0.39, 0.29) is 46.7 Å². The molecule has 1 radical (unpaired) electrons. The molecule has 5 saturated heterocycles. The van der Waals surface area contributed by atoms with E-state index >= 15 is 0 Å². The summed E-state index contributed by atoms with van der Waals surface area (Å²) in [7, 11) is 0. The molecule has 42 heavy (non-hydrogen) atoms. The standard InChI is InChI=1S/C32H56N8O.Ag/c41-23-15-7-14-22-24(23)32-39-30-21-13-6-5-12-20(21)28(37-30)35-26-17-9-2-1-8-16(17)25(33-26)34-27-18-10-3-4-11-19(18)29(36-27)38-31(22)40-32;/h16-41H,1-15H2;. The number of rotatable bonds is 0. The molecule has 4 saturated carbocycles. The third-order valence-electron chi connectivity index (χ3n) is 13.9. The summed E-state index contributed by atoms with van der Waals surface area (Å²) < 4.78 is 0. The van der Waals surface area contributed by atoms with Crippen molar-refractivity contribution in [3.05, 3.63) is 0 Å². The Bertz CT molecular complexity index is 959. The number of nitrogens with one attached hydrogen (secondary N) is 8. The fourth-order valence-corrected chi connectivity index (χ4v) is 12.0. The zero-order chi connectivity index (χ0) is 27.1. The fraction of sp³-hybridized carbons (Fsp3) is 1.00. The normalized spacial score (nSPS) is 56.9. The molecule has 0 aromatic heterocycles. The van der Waals surface area contributed by atoms with Gasteiger partial charge in [-0.1, -0.05) is 44.9 Å². The van der Waals surface area contributed by atoms with Gasteiger partial charge in [0.05, 0.1) is 55.4 Å². The molecule has 241 valence electrons. The molecular weight excluding hydrogens is 620 g/mol. The molecular formula is C32H56AgN8O. The first-order valence-corrected chi connectivity index (χ1v) is 18.0. The van der Waals surface area contributed by atoms with Crippen LogP contribution in [0.25, 0.3) is 0 Å². The molecule has 5 aliphatic heterocycles. The molecule has 8 bridgehead atoms. The van der Waals surface area contributed by atoms with Crippen LogP contribution >= 0.6 is 0 Å². The SMILES string of the molecule is OC1CCCC2C3NC4NC(NC5NC(NC6NC(NC(N3)C12)C1CCCCC61)C1CCCCC51)C1CCCCC41.[Ag]. The molecule has 10 heteroatoms. The summed E-state index contributed by atoms with van der Waals surface area (Å²) in [4.78, 5) is 0. The van der Waals surface area contributed by atoms with Gasteiger partial charge in [-0.25, -0.2) is 0 Å². The quantitative estimate of drug-likeness (QED) is 0.177. The maximum absolute atomic E-state index is 11.4. The minimum atomic E-state index is -0.221. The van der Waals surface area contributed by atoms with Crippen LogP contribution in [0.1, 0.15) is 96.3 Å². The summed E-state index contributed by atoms with van der Waals surface area (Å²) in [6.07, 6.45) is 21.7. The Kier molecular flexibility index (Phi) is 8.64. The first-order valence-electron chi connectivity index (χ1n) is 18.0. The molecule has 17 atom stereocenters. The smallest absolute Gasteiger partial charge is 0.0653 e. The van der Waals surface area contributed by atoms with Crippen LogP contribution in [0, 0.1) is 47.3 Å². The van der Waals surface area contributed by atoms with Gasteiger partial charge < -0.3 is 5.11 Å². The predicted molar refractivity (Wildman–Crippen MR) is 159 cm³/mol. The zero-order valence-electron chi connectivity index (χ0n) is 25.2. The van der Waals surface area contributed by atoms with Crippen LogP contribution in [0.2, 0.25) is 0 Å². The summed E-state index contributed by atoms with van der Waals surface area (Å²) in [6, 6.07) is 0. The predicted octanol–water partition coefficient (Wildman–Crippen LogP) is 1.57. The van der Waals surface area contributed by atoms with E-state index in [1.165, 1.54) is 83.5 Å². The van der Waals surface area contributed by atoms with E-state index in [0.29, 0.717) is 78.4 Å². The van der Waals surface area contributed by atoms with Gasteiger partial charge in [0.15, 0.2) is 0 Å². The van der Waals surface area contributed by atoms with E-state index in [4.69, 9.17) is 0 Å². The molecule has 9 fully saturated rings. The van der Waals surface area contributed by atoms with Gasteiger partial charge in [-0.3, -0.25) is 42.5 Å². The Morgan fingerprint density at radius 1 is 0.310 bits per heavy atom. The van der Waals surface area contributed by atoms with Crippen LogP contribution in [0.3, 0.4) is 0 Å². The van der Waals surface area contributed by atoms with Crippen molar-refractivity contribution in [2.45, 2.75) is 152 Å². The van der Waals surface area contributed by atoms with Crippen LogP contribution in [0.4, 0.5) is 0 Å². The molecule has 9 rings (SSSR count). The summed E-state index contributed by atoms with van der Waals surface area (Å²) >= 11 is 0. The second-order valence-electron chi connectivity index (χ2n) is 15.7. The van der Waals surface area contributed by atoms with Gasteiger partial charge in [0.25, 0.3) is 0 Å². The monoisotopic (exact) mass is 675 g/mol. The summed E-state index contributed by atoms with van der Waals surface area (Å²) in [5.74, 6) is 4.87. The molecule has 0 aromatic carbocycles. The van der Waals surface area contributed by atoms with E-state index in [9.17, 15) is 5.11 Å². The third kappa shape index (κ3) is 5.05. The van der Waals surface area contributed by atoms with Crippen LogP contribution in [0.5, 0.6) is 0 Å². The van der Waals surface area contributed by atoms with Crippen LogP contribution < -0.4 is 42.5 Å². The van der Waals surface area contributed by atoms with Crippen molar-refractivity contribution in [3.63, 3.8) is 0 Å². The Balaban J connectivity index is 0.00000267. The molecule has 9 N–H and O–H groups in total. The molecule has 0 spiro atoms. The topological polar surface area (TPSA) is 116 Å². The van der Waals surface area contributed by atoms with Crippen molar-refractivity contribution in [1.29, 1.82) is 0 Å². The van der Waals surface area contributed by atoms with Gasteiger partial charge in [-0.15, -0.1) is 0 Å². The van der Waals surface area contributed by atoms with Crippen LogP contribution in [0.15, 0.2) is 0 Å². The van der Waals surface area contributed by atoms with Crippen molar-refractivity contribution in [1.82, 2.24) is 42.5 Å². The number of hydrogen-bond donors (Lipinski definition) is 9. The second kappa shape index (κ2) is 12.2. The Morgan fingerprint density at radius 3 is 0.905 bits per heavy atom. The van der Waals surface area contributed by atoms with Gasteiger partial charge in [0.1, 0.15) is 0 Å². The minimum Gasteiger partial charge on any atom is -0.393 e. The number of fused-ring (bicyclic) bond motifs is 20. The minimum absolute atomic E-state index is 0. The van der Waals surface area contributed by atoms with Crippen LogP contribution in [-0.2, 0) is 22.4 Å². The maximum Gasteiger partial charge on any atom is 0.0653 e. The second-order valence-corrected chi connectivity index (χ2v) is 15.7. The van der Waals surface area contributed by atoms with E-state index < -0.39 is 0 Å². The van der Waals surface area contributed by atoms with Gasteiger partial charge >= 0.3 is 0 Å². The molecule has 4 aliphatic carbocycles. The first-order chi connectivity index (χ1) is 20.2. The van der Waals surface area contributed by atoms with Crippen molar-refractivity contribution in [2.24, 2.45) is 47.3 Å². The Hall–Kier alpha value is 0.380. The molecule has 17 unspecified atom stereocenters. The molecule has 9 nitrogen and oxygen atoms in total. The van der Waals surface area contributed by atoms with Gasteiger partial charge in [0.2, 0.25) is 0 Å². The zero-order valence-corrected chi connectivity index (χ0v) is 26.7. The summed E-state index contributed by atoms with van der Waals surface area (Å²) in [5, 5.41) is 44.6. The molecule has 5 heterocycles. The summed E-state index contributed by atoms with van der Waals surface area (Å²) in [5.41, 5.74) is 0.